The Morgan fingerprint density at radius 3 is 2.14 bits per heavy atom. The fourth-order valence-corrected chi connectivity index (χ4v) is 2.84. The second kappa shape index (κ2) is 10.5. The first kappa shape index (κ1) is 22.2. The highest BCUT2D eigenvalue weighted by Crippen LogP contribution is 2.29. The quantitative estimate of drug-likeness (QED) is 0.549. The van der Waals surface area contributed by atoms with Crippen LogP contribution in [0.3, 0.4) is 0 Å². The van der Waals surface area contributed by atoms with E-state index in [-0.39, 0.29) is 19.0 Å². The van der Waals surface area contributed by atoms with E-state index in [4.69, 9.17) is 4.74 Å². The highest BCUT2D eigenvalue weighted by atomic mass is 35.5. The average molecular weight is 417 g/mol. The number of morpholine rings is 1. The Hall–Kier alpha value is -2.09. The fourth-order valence-electron chi connectivity index (χ4n) is 2.84. The summed E-state index contributed by atoms with van der Waals surface area (Å²) in [7, 11) is 0. The van der Waals surface area contributed by atoms with Crippen molar-refractivity contribution >= 4 is 24.2 Å². The van der Waals surface area contributed by atoms with E-state index in [0.29, 0.717) is 32.8 Å². The van der Waals surface area contributed by atoms with Crippen LogP contribution in [0.25, 0.3) is 6.08 Å². The van der Waals surface area contributed by atoms with Crippen molar-refractivity contribution in [2.75, 3.05) is 38.2 Å². The van der Waals surface area contributed by atoms with Gasteiger partial charge in [-0.15, -0.1) is 12.4 Å². The van der Waals surface area contributed by atoms with Gasteiger partial charge in [-0.1, -0.05) is 42.5 Å². The van der Waals surface area contributed by atoms with Crippen LogP contribution in [0.5, 0.6) is 0 Å². The molecule has 28 heavy (non-hydrogen) atoms. The molecule has 1 heterocycles. The Balaban J connectivity index is 0.00000280. The molecule has 1 fully saturated rings. The zero-order valence-corrected chi connectivity index (χ0v) is 15.9. The monoisotopic (exact) mass is 416 g/mol. The molecule has 1 saturated heterocycles. The lowest BCUT2D eigenvalue weighted by Crippen LogP contribution is -2.36. The molecular formula is C20H21ClF4N2O. The molecule has 3 rings (SSSR count). The second-order valence-electron chi connectivity index (χ2n) is 6.20. The van der Waals surface area contributed by atoms with Gasteiger partial charge in [0, 0.05) is 26.2 Å². The summed E-state index contributed by atoms with van der Waals surface area (Å²) in [6.07, 6.45) is 2.57. The number of ether oxygens (including phenoxy) is 1. The smallest absolute Gasteiger partial charge is 0.185 e. The summed E-state index contributed by atoms with van der Waals surface area (Å²) in [5, 5.41) is 2.44. The van der Waals surface area contributed by atoms with Crippen LogP contribution in [0.4, 0.5) is 23.2 Å². The normalized spacial score (nSPS) is 14.9. The molecule has 152 valence electrons. The Kier molecular flexibility index (Phi) is 8.29. The van der Waals surface area contributed by atoms with E-state index in [9.17, 15) is 17.6 Å². The standard InChI is InChI=1S/C20H20F4N2O.ClH/c21-16-15(7-4-8-26-9-11-27-12-10-26)17(22)19(24)20(18(16)23)25-13-14-5-2-1-3-6-14;/h1-7,25H,8-13H2;1H/b7-4+;. The molecule has 8 heteroatoms. The van der Waals surface area contributed by atoms with Gasteiger partial charge in [0.2, 0.25) is 0 Å². The summed E-state index contributed by atoms with van der Waals surface area (Å²) in [6.45, 7) is 3.02. The van der Waals surface area contributed by atoms with Gasteiger partial charge in [-0.05, 0) is 5.56 Å². The van der Waals surface area contributed by atoms with Crippen molar-refractivity contribution in [1.82, 2.24) is 4.90 Å². The lowest BCUT2D eigenvalue weighted by atomic mass is 10.1. The average Bonchev–Trinajstić information content (AvgIpc) is 2.70. The van der Waals surface area contributed by atoms with E-state index in [1.165, 1.54) is 6.08 Å². The van der Waals surface area contributed by atoms with Crippen molar-refractivity contribution in [2.45, 2.75) is 6.54 Å². The number of halogens is 5. The molecule has 0 radical (unpaired) electrons. The minimum atomic E-state index is -1.43. The van der Waals surface area contributed by atoms with E-state index in [2.05, 4.69) is 5.32 Å². The molecule has 0 atom stereocenters. The summed E-state index contributed by atoms with van der Waals surface area (Å²) < 4.78 is 62.4. The van der Waals surface area contributed by atoms with E-state index in [0.717, 1.165) is 11.6 Å². The summed E-state index contributed by atoms with van der Waals surface area (Å²) in [6, 6.07) is 8.78. The lowest BCUT2D eigenvalue weighted by molar-refractivity contribution is 0.0435. The molecule has 0 amide bonds. The van der Waals surface area contributed by atoms with Gasteiger partial charge < -0.3 is 10.1 Å². The molecule has 0 unspecified atom stereocenters. The molecule has 1 aliphatic rings. The fraction of sp³-hybridized carbons (Fsp3) is 0.300. The van der Waals surface area contributed by atoms with Crippen LogP contribution >= 0.6 is 12.4 Å². The largest absolute Gasteiger partial charge is 0.379 e. The Morgan fingerprint density at radius 2 is 1.54 bits per heavy atom. The van der Waals surface area contributed by atoms with Crippen LogP contribution in [-0.2, 0) is 11.3 Å². The van der Waals surface area contributed by atoms with E-state index >= 15 is 0 Å². The van der Waals surface area contributed by atoms with E-state index < -0.39 is 34.5 Å². The summed E-state index contributed by atoms with van der Waals surface area (Å²) >= 11 is 0. The maximum absolute atomic E-state index is 14.3. The number of nitrogens with one attached hydrogen (secondary N) is 1. The zero-order chi connectivity index (χ0) is 19.2. The van der Waals surface area contributed by atoms with Gasteiger partial charge in [-0.3, -0.25) is 4.90 Å². The highest BCUT2D eigenvalue weighted by molar-refractivity contribution is 5.85. The number of hydrogen-bond donors (Lipinski definition) is 1. The molecule has 1 N–H and O–H groups in total. The summed E-state index contributed by atoms with van der Waals surface area (Å²) in [5.41, 5.74) is -0.797. The van der Waals surface area contributed by atoms with Crippen molar-refractivity contribution in [3.8, 4) is 0 Å². The number of nitrogens with zero attached hydrogens (tertiary/aromatic N) is 1. The maximum Gasteiger partial charge on any atom is 0.185 e. The Morgan fingerprint density at radius 1 is 0.929 bits per heavy atom. The van der Waals surface area contributed by atoms with Crippen LogP contribution in [-0.4, -0.2) is 37.7 Å². The van der Waals surface area contributed by atoms with Crippen LogP contribution in [0, 0.1) is 23.3 Å². The first-order chi connectivity index (χ1) is 13.1. The van der Waals surface area contributed by atoms with Gasteiger partial charge >= 0.3 is 0 Å². The summed E-state index contributed by atoms with van der Waals surface area (Å²) in [4.78, 5) is 2.01. The number of hydrogen-bond acceptors (Lipinski definition) is 3. The van der Waals surface area contributed by atoms with Crippen LogP contribution in [0.1, 0.15) is 11.1 Å². The first-order valence-corrected chi connectivity index (χ1v) is 8.68. The van der Waals surface area contributed by atoms with Crippen molar-refractivity contribution in [1.29, 1.82) is 0 Å². The third-order valence-corrected chi connectivity index (χ3v) is 4.36. The number of rotatable bonds is 6. The Bertz CT molecular complexity index is 783. The van der Waals surface area contributed by atoms with Crippen LogP contribution in [0.2, 0.25) is 0 Å². The third kappa shape index (κ3) is 5.25. The number of benzene rings is 2. The predicted octanol–water partition coefficient (Wildman–Crippen LogP) is 4.62. The number of anilines is 1. The van der Waals surface area contributed by atoms with Crippen molar-refractivity contribution in [3.63, 3.8) is 0 Å². The lowest BCUT2D eigenvalue weighted by Gasteiger charge is -2.25. The van der Waals surface area contributed by atoms with E-state index in [1.54, 1.807) is 30.3 Å². The minimum absolute atomic E-state index is 0. The van der Waals surface area contributed by atoms with Gasteiger partial charge in [-0.2, -0.15) is 0 Å². The van der Waals surface area contributed by atoms with Crippen molar-refractivity contribution in [2.24, 2.45) is 0 Å². The van der Waals surface area contributed by atoms with Crippen molar-refractivity contribution < 1.29 is 22.3 Å². The molecule has 0 saturated carbocycles. The third-order valence-electron chi connectivity index (χ3n) is 4.36. The predicted molar refractivity (Wildman–Crippen MR) is 104 cm³/mol. The topological polar surface area (TPSA) is 24.5 Å². The molecule has 1 aliphatic heterocycles. The van der Waals surface area contributed by atoms with E-state index in [1.807, 2.05) is 4.90 Å². The summed E-state index contributed by atoms with van der Waals surface area (Å²) in [5.74, 6) is -5.70. The molecule has 3 nitrogen and oxygen atoms in total. The first-order valence-electron chi connectivity index (χ1n) is 8.68. The van der Waals surface area contributed by atoms with Gasteiger partial charge in [0.25, 0.3) is 0 Å². The minimum Gasteiger partial charge on any atom is -0.379 e. The molecule has 0 spiro atoms. The molecule has 0 aliphatic carbocycles. The molecule has 0 bridgehead atoms. The molecular weight excluding hydrogens is 396 g/mol. The van der Waals surface area contributed by atoms with Crippen molar-refractivity contribution in [3.05, 3.63) is 70.8 Å². The zero-order valence-electron chi connectivity index (χ0n) is 15.1. The van der Waals surface area contributed by atoms with Gasteiger partial charge in [0.1, 0.15) is 5.69 Å². The van der Waals surface area contributed by atoms with Crippen LogP contribution < -0.4 is 5.32 Å². The Labute approximate surface area is 167 Å². The maximum atomic E-state index is 14.3. The van der Waals surface area contributed by atoms with Crippen LogP contribution in [0.15, 0.2) is 36.4 Å². The van der Waals surface area contributed by atoms with Gasteiger partial charge in [0.15, 0.2) is 23.3 Å². The second-order valence-corrected chi connectivity index (χ2v) is 6.20. The molecule has 2 aromatic carbocycles. The highest BCUT2D eigenvalue weighted by Gasteiger charge is 2.24. The molecule has 2 aromatic rings. The van der Waals surface area contributed by atoms with Gasteiger partial charge in [0.05, 0.1) is 18.8 Å². The van der Waals surface area contributed by atoms with Gasteiger partial charge in [-0.25, -0.2) is 17.6 Å². The molecule has 0 aromatic heterocycles. The SMILES string of the molecule is Cl.Fc1c(F)c(NCc2ccccc2)c(F)c(F)c1/C=C/CN1CCOCC1.